The summed E-state index contributed by atoms with van der Waals surface area (Å²) in [6.45, 7) is 3.33. The first-order chi connectivity index (χ1) is 8.61. The Kier molecular flexibility index (Phi) is 2.96. The molecule has 0 saturated heterocycles. The van der Waals surface area contributed by atoms with Crippen molar-refractivity contribution in [2.24, 2.45) is 0 Å². The van der Waals surface area contributed by atoms with E-state index in [4.69, 9.17) is 0 Å². The summed E-state index contributed by atoms with van der Waals surface area (Å²) in [5, 5.41) is 6.91. The van der Waals surface area contributed by atoms with Gasteiger partial charge in [0.25, 0.3) is 0 Å². The Morgan fingerprint density at radius 2 is 1.72 bits per heavy atom. The second kappa shape index (κ2) is 4.58. The van der Waals surface area contributed by atoms with E-state index in [-0.39, 0.29) is 5.91 Å². The topological polar surface area (TPSA) is 99.8 Å². The van der Waals surface area contributed by atoms with Crippen LogP contribution in [0.2, 0.25) is 0 Å². The highest BCUT2D eigenvalue weighted by Crippen LogP contribution is 2.10. The molecular formula is C11H10N4O3. The summed E-state index contributed by atoms with van der Waals surface area (Å²) in [6.07, 6.45) is 1.15. The Morgan fingerprint density at radius 1 is 1.17 bits per heavy atom. The fraction of sp³-hybridized carbons (Fsp3) is 0. The minimum absolute atomic E-state index is 0.334. The zero-order valence-electron chi connectivity index (χ0n) is 9.27. The number of aromatic nitrogens is 3. The first kappa shape index (κ1) is 11.6. The van der Waals surface area contributed by atoms with Crippen molar-refractivity contribution in [3.63, 3.8) is 0 Å². The molecule has 0 fully saturated rings. The van der Waals surface area contributed by atoms with Crippen molar-refractivity contribution in [3.05, 3.63) is 57.9 Å². The van der Waals surface area contributed by atoms with Crippen LogP contribution in [0.5, 0.6) is 0 Å². The molecule has 1 aromatic heterocycles. The molecule has 0 aliphatic carbocycles. The van der Waals surface area contributed by atoms with Crippen LogP contribution in [0.15, 0.2) is 46.5 Å². The molecule has 0 unspecified atom stereocenters. The molecule has 1 aromatic carbocycles. The molecule has 7 nitrogen and oxygen atoms in total. The van der Waals surface area contributed by atoms with Crippen LogP contribution in [-0.4, -0.2) is 20.7 Å². The Bertz CT molecular complexity index is 663. The standard InChI is InChI=1S/C11H10N4O3/c1-2-9(16)12-7-3-5-8(6-4-7)15-10(17)13-14-11(15)18/h2-6H,1H2,(H,12,16)(H,13,17)(H,14,18). The van der Waals surface area contributed by atoms with E-state index in [1.165, 1.54) is 0 Å². The number of aromatic amines is 2. The van der Waals surface area contributed by atoms with Crippen LogP contribution in [0, 0.1) is 0 Å². The van der Waals surface area contributed by atoms with Crippen molar-refractivity contribution < 1.29 is 4.79 Å². The molecule has 7 heteroatoms. The highest BCUT2D eigenvalue weighted by molar-refractivity contribution is 5.98. The molecule has 0 aliphatic rings. The zero-order chi connectivity index (χ0) is 13.1. The number of amides is 1. The quantitative estimate of drug-likeness (QED) is 0.663. The van der Waals surface area contributed by atoms with Crippen LogP contribution in [0.4, 0.5) is 5.69 Å². The second-order valence-electron chi connectivity index (χ2n) is 3.44. The molecule has 0 saturated carbocycles. The van der Waals surface area contributed by atoms with Gasteiger partial charge in [-0.1, -0.05) is 6.58 Å². The number of nitrogens with one attached hydrogen (secondary N) is 3. The summed E-state index contributed by atoms with van der Waals surface area (Å²) in [5.74, 6) is -0.334. The predicted molar refractivity (Wildman–Crippen MR) is 65.8 cm³/mol. The first-order valence-corrected chi connectivity index (χ1v) is 5.05. The molecule has 0 radical (unpaired) electrons. The van der Waals surface area contributed by atoms with Crippen LogP contribution in [0.25, 0.3) is 5.69 Å². The minimum Gasteiger partial charge on any atom is -0.323 e. The van der Waals surface area contributed by atoms with Gasteiger partial charge in [-0.3, -0.25) is 4.79 Å². The van der Waals surface area contributed by atoms with Crippen LogP contribution in [-0.2, 0) is 4.79 Å². The molecule has 3 N–H and O–H groups in total. The molecule has 0 bridgehead atoms. The summed E-state index contributed by atoms with van der Waals surface area (Å²) in [6, 6.07) is 6.25. The van der Waals surface area contributed by atoms with Crippen LogP contribution in [0.1, 0.15) is 0 Å². The van der Waals surface area contributed by atoms with Crippen LogP contribution < -0.4 is 16.7 Å². The first-order valence-electron chi connectivity index (χ1n) is 5.05. The summed E-state index contributed by atoms with van der Waals surface area (Å²) in [7, 11) is 0. The van der Waals surface area contributed by atoms with Gasteiger partial charge in [-0.15, -0.1) is 0 Å². The van der Waals surface area contributed by atoms with E-state index < -0.39 is 11.4 Å². The third-order valence-electron chi connectivity index (χ3n) is 2.26. The van der Waals surface area contributed by atoms with E-state index in [1.807, 2.05) is 0 Å². The number of carbonyl (C=O) groups excluding carboxylic acids is 1. The average molecular weight is 246 g/mol. The molecule has 0 aliphatic heterocycles. The van der Waals surface area contributed by atoms with Crippen molar-refractivity contribution in [3.8, 4) is 5.69 Å². The van der Waals surface area contributed by atoms with Gasteiger partial charge in [0.2, 0.25) is 5.91 Å². The lowest BCUT2D eigenvalue weighted by Crippen LogP contribution is -2.24. The molecule has 1 amide bonds. The van der Waals surface area contributed by atoms with E-state index >= 15 is 0 Å². The van der Waals surface area contributed by atoms with Crippen LogP contribution in [0.3, 0.4) is 0 Å². The van der Waals surface area contributed by atoms with Crippen molar-refractivity contribution in [1.82, 2.24) is 14.8 Å². The number of carbonyl (C=O) groups is 1. The molecule has 0 atom stereocenters. The van der Waals surface area contributed by atoms with E-state index in [1.54, 1.807) is 24.3 Å². The normalized spacial score (nSPS) is 10.0. The van der Waals surface area contributed by atoms with E-state index in [0.717, 1.165) is 10.6 Å². The van der Waals surface area contributed by atoms with Crippen molar-refractivity contribution >= 4 is 11.6 Å². The van der Waals surface area contributed by atoms with E-state index in [2.05, 4.69) is 22.1 Å². The lowest BCUT2D eigenvalue weighted by molar-refractivity contribution is -0.111. The summed E-state index contributed by atoms with van der Waals surface area (Å²) >= 11 is 0. The van der Waals surface area contributed by atoms with Gasteiger partial charge >= 0.3 is 11.4 Å². The number of rotatable bonds is 3. The Hall–Kier alpha value is -2.83. The maximum atomic E-state index is 11.3. The largest absolute Gasteiger partial charge is 0.348 e. The lowest BCUT2D eigenvalue weighted by atomic mass is 10.2. The van der Waals surface area contributed by atoms with Gasteiger partial charge in [0, 0.05) is 5.69 Å². The monoisotopic (exact) mass is 246 g/mol. The van der Waals surface area contributed by atoms with Gasteiger partial charge in [-0.25, -0.2) is 24.4 Å². The third-order valence-corrected chi connectivity index (χ3v) is 2.26. The molecular weight excluding hydrogens is 236 g/mol. The Labute approximate surface area is 101 Å². The number of hydrogen-bond donors (Lipinski definition) is 3. The molecule has 92 valence electrons. The number of hydrogen-bond acceptors (Lipinski definition) is 3. The van der Waals surface area contributed by atoms with Gasteiger partial charge in [0.15, 0.2) is 0 Å². The van der Waals surface area contributed by atoms with Gasteiger partial charge in [-0.05, 0) is 30.3 Å². The number of anilines is 1. The smallest absolute Gasteiger partial charge is 0.323 e. The fourth-order valence-electron chi connectivity index (χ4n) is 1.43. The molecule has 1 heterocycles. The number of benzene rings is 1. The SMILES string of the molecule is C=CC(=O)Nc1ccc(-n2c(=O)[nH][nH]c2=O)cc1. The van der Waals surface area contributed by atoms with Crippen LogP contribution >= 0.6 is 0 Å². The summed E-state index contributed by atoms with van der Waals surface area (Å²) in [4.78, 5) is 33.7. The Balaban J connectivity index is 2.34. The third kappa shape index (κ3) is 2.14. The molecule has 2 aromatic rings. The van der Waals surface area contributed by atoms with Crippen molar-refractivity contribution in [2.75, 3.05) is 5.32 Å². The summed E-state index contributed by atoms with van der Waals surface area (Å²) in [5.41, 5.74) is -0.159. The highest BCUT2D eigenvalue weighted by atomic mass is 16.2. The number of H-pyrrole nitrogens is 2. The fourth-order valence-corrected chi connectivity index (χ4v) is 1.43. The summed E-state index contributed by atoms with van der Waals surface area (Å²) < 4.78 is 0.944. The van der Waals surface area contributed by atoms with Crippen molar-refractivity contribution in [1.29, 1.82) is 0 Å². The van der Waals surface area contributed by atoms with Gasteiger partial charge in [0.05, 0.1) is 5.69 Å². The average Bonchev–Trinajstić information content (AvgIpc) is 2.70. The molecule has 2 rings (SSSR count). The number of nitrogens with zero attached hydrogens (tertiary/aromatic N) is 1. The van der Waals surface area contributed by atoms with Gasteiger partial charge in [-0.2, -0.15) is 0 Å². The van der Waals surface area contributed by atoms with E-state index in [0.29, 0.717) is 11.4 Å². The van der Waals surface area contributed by atoms with Crippen molar-refractivity contribution in [2.45, 2.75) is 0 Å². The molecule has 0 spiro atoms. The maximum absolute atomic E-state index is 11.3. The van der Waals surface area contributed by atoms with Gasteiger partial charge < -0.3 is 5.32 Å². The predicted octanol–water partition coefficient (Wildman–Crippen LogP) is -0.0216. The van der Waals surface area contributed by atoms with Gasteiger partial charge in [0.1, 0.15) is 0 Å². The maximum Gasteiger partial charge on any atom is 0.348 e. The molecule has 18 heavy (non-hydrogen) atoms. The highest BCUT2D eigenvalue weighted by Gasteiger charge is 2.05. The Morgan fingerprint density at radius 3 is 2.22 bits per heavy atom. The zero-order valence-corrected chi connectivity index (χ0v) is 9.27. The minimum atomic E-state index is -0.553. The second-order valence-corrected chi connectivity index (χ2v) is 3.44. The van der Waals surface area contributed by atoms with E-state index in [9.17, 15) is 14.4 Å². The lowest BCUT2D eigenvalue weighted by Gasteiger charge is -2.03.